The summed E-state index contributed by atoms with van der Waals surface area (Å²) in [7, 11) is 0. The first kappa shape index (κ1) is 16.4. The number of thioether (sulfide) groups is 1. The Hall–Kier alpha value is -0.660. The van der Waals surface area contributed by atoms with E-state index in [2.05, 4.69) is 41.6 Å². The first-order chi connectivity index (χ1) is 8.67. The highest BCUT2D eigenvalue weighted by Gasteiger charge is 2.14. The maximum absolute atomic E-state index is 9.66. The van der Waals surface area contributed by atoms with Gasteiger partial charge in [0.15, 0.2) is 0 Å². The van der Waals surface area contributed by atoms with Crippen LogP contribution in [0.5, 0.6) is 0 Å². The Morgan fingerprint density at radius 3 is 2.53 bits per heavy atom. The average Bonchev–Trinajstić information content (AvgIpc) is 2.62. The predicted molar refractivity (Wildman–Crippen MR) is 77.2 cm³/mol. The molecule has 0 spiro atoms. The maximum atomic E-state index is 9.66. The fourth-order valence-electron chi connectivity index (χ4n) is 1.37. The van der Waals surface area contributed by atoms with Crippen molar-refractivity contribution in [1.82, 2.24) is 25.5 Å². The number of tetrazole rings is 1. The molecule has 0 saturated heterocycles. The zero-order valence-electron chi connectivity index (χ0n) is 12.5. The zero-order chi connectivity index (χ0) is 14.5. The average molecular weight is 287 g/mol. The Morgan fingerprint density at radius 2 is 1.95 bits per heavy atom. The molecule has 0 unspecified atom stereocenters. The van der Waals surface area contributed by atoms with Gasteiger partial charge in [-0.2, -0.15) is 0 Å². The van der Waals surface area contributed by atoms with Gasteiger partial charge in [-0.3, -0.25) is 0 Å². The lowest BCUT2D eigenvalue weighted by molar-refractivity contribution is 0.0777. The van der Waals surface area contributed by atoms with Crippen molar-refractivity contribution in [3.8, 4) is 0 Å². The summed E-state index contributed by atoms with van der Waals surface area (Å²) in [5, 5.41) is 25.6. The molecule has 19 heavy (non-hydrogen) atoms. The smallest absolute Gasteiger partial charge is 0.209 e. The molecule has 0 aliphatic rings. The number of hydrogen-bond acceptors (Lipinski definition) is 6. The topological polar surface area (TPSA) is 75.9 Å². The number of nitrogens with one attached hydrogen (secondary N) is 1. The molecule has 1 aromatic rings. The van der Waals surface area contributed by atoms with E-state index in [1.165, 1.54) is 0 Å². The van der Waals surface area contributed by atoms with Gasteiger partial charge < -0.3 is 10.4 Å². The van der Waals surface area contributed by atoms with E-state index in [4.69, 9.17) is 0 Å². The fraction of sp³-hybridized carbons (Fsp3) is 0.917. The molecule has 1 aromatic heterocycles. The van der Waals surface area contributed by atoms with Crippen LogP contribution in [-0.2, 0) is 6.54 Å². The molecule has 1 heterocycles. The van der Waals surface area contributed by atoms with Crippen LogP contribution in [0, 0.1) is 0 Å². The summed E-state index contributed by atoms with van der Waals surface area (Å²) in [6, 6.07) is 0. The summed E-state index contributed by atoms with van der Waals surface area (Å²) in [6.07, 6.45) is 0.713. The summed E-state index contributed by atoms with van der Waals surface area (Å²) < 4.78 is 1.80. The van der Waals surface area contributed by atoms with Crippen molar-refractivity contribution >= 4 is 11.8 Å². The molecule has 0 atom stereocenters. The Kier molecular flexibility index (Phi) is 5.76. The van der Waals surface area contributed by atoms with Gasteiger partial charge in [-0.1, -0.05) is 11.8 Å². The second-order valence-electron chi connectivity index (χ2n) is 6.27. The number of aromatic nitrogens is 4. The van der Waals surface area contributed by atoms with Crippen LogP contribution in [0.4, 0.5) is 0 Å². The standard InChI is InChI=1S/C12H25N5OS/c1-11(2,3)13-7-8-17-10(14-15-16-17)19-9-6-12(4,5)18/h13,18H,6-9H2,1-5H3. The molecule has 7 heteroatoms. The molecule has 0 fully saturated rings. The van der Waals surface area contributed by atoms with E-state index in [1.807, 2.05) is 13.8 Å². The van der Waals surface area contributed by atoms with E-state index in [1.54, 1.807) is 16.4 Å². The minimum atomic E-state index is -0.640. The van der Waals surface area contributed by atoms with E-state index < -0.39 is 5.60 Å². The molecule has 110 valence electrons. The molecular weight excluding hydrogens is 262 g/mol. The molecular formula is C12H25N5OS. The van der Waals surface area contributed by atoms with Gasteiger partial charge in [0.25, 0.3) is 0 Å². The third kappa shape index (κ3) is 7.49. The quantitative estimate of drug-likeness (QED) is 0.737. The fourth-order valence-corrected chi connectivity index (χ4v) is 2.52. The van der Waals surface area contributed by atoms with Crippen LogP contribution < -0.4 is 5.32 Å². The van der Waals surface area contributed by atoms with Crippen molar-refractivity contribution in [2.75, 3.05) is 12.3 Å². The summed E-state index contributed by atoms with van der Waals surface area (Å²) >= 11 is 1.58. The Morgan fingerprint density at radius 1 is 1.26 bits per heavy atom. The number of hydrogen-bond donors (Lipinski definition) is 2. The minimum Gasteiger partial charge on any atom is -0.390 e. The highest BCUT2D eigenvalue weighted by Crippen LogP contribution is 2.18. The highest BCUT2D eigenvalue weighted by molar-refractivity contribution is 7.99. The van der Waals surface area contributed by atoms with Gasteiger partial charge in [0.05, 0.1) is 12.1 Å². The number of rotatable bonds is 7. The lowest BCUT2D eigenvalue weighted by Gasteiger charge is -2.20. The second-order valence-corrected chi connectivity index (χ2v) is 7.33. The van der Waals surface area contributed by atoms with E-state index >= 15 is 0 Å². The van der Waals surface area contributed by atoms with Crippen LogP contribution in [0.25, 0.3) is 0 Å². The molecule has 0 aromatic carbocycles. The van der Waals surface area contributed by atoms with E-state index in [0.29, 0.717) is 6.42 Å². The van der Waals surface area contributed by atoms with Crippen molar-refractivity contribution < 1.29 is 5.11 Å². The van der Waals surface area contributed by atoms with Gasteiger partial charge in [-0.15, -0.1) is 5.10 Å². The van der Waals surface area contributed by atoms with Gasteiger partial charge in [0, 0.05) is 17.8 Å². The third-order valence-corrected chi connectivity index (χ3v) is 3.38. The summed E-state index contributed by atoms with van der Waals surface area (Å²) in [4.78, 5) is 0. The van der Waals surface area contributed by atoms with Crippen LogP contribution in [0.3, 0.4) is 0 Å². The van der Waals surface area contributed by atoms with Gasteiger partial charge in [0.2, 0.25) is 5.16 Å². The van der Waals surface area contributed by atoms with E-state index in [9.17, 15) is 5.11 Å². The highest BCUT2D eigenvalue weighted by atomic mass is 32.2. The van der Waals surface area contributed by atoms with Crippen LogP contribution in [-0.4, -0.2) is 48.8 Å². The van der Waals surface area contributed by atoms with Crippen molar-refractivity contribution in [3.63, 3.8) is 0 Å². The molecule has 0 aliphatic heterocycles. The van der Waals surface area contributed by atoms with Gasteiger partial charge in [-0.25, -0.2) is 4.68 Å². The summed E-state index contributed by atoms with van der Waals surface area (Å²) in [6.45, 7) is 11.6. The zero-order valence-corrected chi connectivity index (χ0v) is 13.3. The number of aliphatic hydroxyl groups is 1. The predicted octanol–water partition coefficient (Wildman–Crippen LogP) is 1.31. The lowest BCUT2D eigenvalue weighted by Crippen LogP contribution is -2.38. The third-order valence-electron chi connectivity index (χ3n) is 2.42. The van der Waals surface area contributed by atoms with Crippen molar-refractivity contribution in [1.29, 1.82) is 0 Å². The normalized spacial score (nSPS) is 12.9. The second kappa shape index (κ2) is 6.67. The first-order valence-electron chi connectivity index (χ1n) is 6.54. The van der Waals surface area contributed by atoms with Gasteiger partial charge in [-0.05, 0) is 51.5 Å². The maximum Gasteiger partial charge on any atom is 0.209 e. The summed E-state index contributed by atoms with van der Waals surface area (Å²) in [5.41, 5.74) is -0.540. The molecule has 0 amide bonds. The molecule has 0 saturated carbocycles. The monoisotopic (exact) mass is 287 g/mol. The lowest BCUT2D eigenvalue weighted by atomic mass is 10.1. The van der Waals surface area contributed by atoms with Crippen LogP contribution in [0.15, 0.2) is 5.16 Å². The molecule has 2 N–H and O–H groups in total. The number of nitrogens with zero attached hydrogens (tertiary/aromatic N) is 4. The molecule has 0 aliphatic carbocycles. The van der Waals surface area contributed by atoms with Crippen LogP contribution >= 0.6 is 11.8 Å². The minimum absolute atomic E-state index is 0.0994. The first-order valence-corrected chi connectivity index (χ1v) is 7.52. The van der Waals surface area contributed by atoms with Crippen LogP contribution in [0.1, 0.15) is 41.0 Å². The van der Waals surface area contributed by atoms with Gasteiger partial charge >= 0.3 is 0 Å². The van der Waals surface area contributed by atoms with E-state index in [0.717, 1.165) is 24.0 Å². The Bertz CT molecular complexity index is 346. The van der Waals surface area contributed by atoms with Crippen molar-refractivity contribution in [2.45, 2.75) is 63.9 Å². The molecule has 0 bridgehead atoms. The molecule has 1 rings (SSSR count). The summed E-state index contributed by atoms with van der Waals surface area (Å²) in [5.74, 6) is 0.802. The largest absolute Gasteiger partial charge is 0.390 e. The Balaban J connectivity index is 2.38. The van der Waals surface area contributed by atoms with Crippen molar-refractivity contribution in [2.24, 2.45) is 0 Å². The van der Waals surface area contributed by atoms with Crippen LogP contribution in [0.2, 0.25) is 0 Å². The van der Waals surface area contributed by atoms with Gasteiger partial charge in [0.1, 0.15) is 0 Å². The molecule has 6 nitrogen and oxygen atoms in total. The van der Waals surface area contributed by atoms with Crippen molar-refractivity contribution in [3.05, 3.63) is 0 Å². The van der Waals surface area contributed by atoms with E-state index in [-0.39, 0.29) is 5.54 Å². The SMILES string of the molecule is CC(C)(O)CCSc1nnnn1CCNC(C)(C)C. The molecule has 0 radical (unpaired) electrons. The Labute approximate surface area is 119 Å².